The number of benzene rings is 1. The van der Waals surface area contributed by atoms with Crippen LogP contribution < -0.4 is 5.32 Å². The Hall–Kier alpha value is -2.50. The first kappa shape index (κ1) is 12.9. The normalized spacial score (nSPS) is 10.2. The van der Waals surface area contributed by atoms with Crippen molar-refractivity contribution in [2.45, 2.75) is 6.92 Å². The fraction of sp³-hybridized carbons (Fsp3) is 0.154. The second-order valence-corrected chi connectivity index (χ2v) is 3.77. The molecule has 0 saturated carbocycles. The summed E-state index contributed by atoms with van der Waals surface area (Å²) in [4.78, 5) is 19.0. The van der Waals surface area contributed by atoms with Crippen molar-refractivity contribution in [1.29, 1.82) is 0 Å². The van der Waals surface area contributed by atoms with Gasteiger partial charge in [0, 0.05) is 12.7 Å². The smallest absolute Gasteiger partial charge is 0.341 e. The zero-order chi connectivity index (χ0) is 13.8. The van der Waals surface area contributed by atoms with Crippen LogP contribution in [0.5, 0.6) is 0 Å². The molecule has 0 fully saturated rings. The molecule has 19 heavy (non-hydrogen) atoms. The number of carboxylic acids is 1. The number of carboxylic acid groups (broad SMARTS) is 1. The van der Waals surface area contributed by atoms with Gasteiger partial charge >= 0.3 is 5.97 Å². The number of hydrogen-bond acceptors (Lipinski definition) is 4. The van der Waals surface area contributed by atoms with Crippen molar-refractivity contribution in [1.82, 2.24) is 9.97 Å². The van der Waals surface area contributed by atoms with Gasteiger partial charge in [0.15, 0.2) is 5.82 Å². The summed E-state index contributed by atoms with van der Waals surface area (Å²) in [7, 11) is 0. The topological polar surface area (TPSA) is 75.1 Å². The van der Waals surface area contributed by atoms with Crippen LogP contribution in [0.15, 0.2) is 30.5 Å². The Kier molecular flexibility index (Phi) is 3.70. The molecule has 0 spiro atoms. The van der Waals surface area contributed by atoms with E-state index in [1.54, 1.807) is 18.2 Å². The fourth-order valence-electron chi connectivity index (χ4n) is 1.61. The van der Waals surface area contributed by atoms with E-state index in [4.69, 9.17) is 5.11 Å². The minimum Gasteiger partial charge on any atom is -0.477 e. The van der Waals surface area contributed by atoms with E-state index >= 15 is 0 Å². The average molecular weight is 261 g/mol. The van der Waals surface area contributed by atoms with E-state index in [1.165, 1.54) is 12.3 Å². The van der Waals surface area contributed by atoms with E-state index in [0.717, 1.165) is 0 Å². The molecule has 2 N–H and O–H groups in total. The van der Waals surface area contributed by atoms with Gasteiger partial charge < -0.3 is 10.4 Å². The number of anilines is 1. The van der Waals surface area contributed by atoms with E-state index in [-0.39, 0.29) is 22.8 Å². The van der Waals surface area contributed by atoms with Crippen LogP contribution >= 0.6 is 0 Å². The summed E-state index contributed by atoms with van der Waals surface area (Å²) < 4.78 is 13.6. The van der Waals surface area contributed by atoms with Crippen LogP contribution in [-0.4, -0.2) is 27.6 Å². The summed E-state index contributed by atoms with van der Waals surface area (Å²) in [5.41, 5.74) is 0.195. The molecular formula is C13H12FN3O2. The third kappa shape index (κ3) is 2.67. The highest BCUT2D eigenvalue weighted by atomic mass is 19.1. The molecule has 0 aliphatic carbocycles. The first-order valence-electron chi connectivity index (χ1n) is 5.72. The number of halogens is 1. The maximum Gasteiger partial charge on any atom is 0.341 e. The van der Waals surface area contributed by atoms with Crippen LogP contribution in [0.1, 0.15) is 17.3 Å². The van der Waals surface area contributed by atoms with Crippen molar-refractivity contribution in [3.05, 3.63) is 41.8 Å². The molecule has 0 radical (unpaired) electrons. The van der Waals surface area contributed by atoms with Gasteiger partial charge in [-0.05, 0) is 19.1 Å². The molecule has 0 saturated heterocycles. The van der Waals surface area contributed by atoms with Gasteiger partial charge in [-0.15, -0.1) is 0 Å². The quantitative estimate of drug-likeness (QED) is 0.884. The second kappa shape index (κ2) is 5.43. The van der Waals surface area contributed by atoms with E-state index in [0.29, 0.717) is 6.54 Å². The van der Waals surface area contributed by atoms with Gasteiger partial charge in [-0.3, -0.25) is 0 Å². The highest BCUT2D eigenvalue weighted by Gasteiger charge is 2.15. The van der Waals surface area contributed by atoms with Gasteiger partial charge in [0.25, 0.3) is 0 Å². The average Bonchev–Trinajstić information content (AvgIpc) is 2.39. The van der Waals surface area contributed by atoms with Crippen LogP contribution in [0.2, 0.25) is 0 Å². The molecule has 2 rings (SSSR count). The highest BCUT2D eigenvalue weighted by molar-refractivity contribution is 5.93. The third-order valence-electron chi connectivity index (χ3n) is 2.48. The Morgan fingerprint density at radius 2 is 2.16 bits per heavy atom. The Morgan fingerprint density at radius 1 is 1.42 bits per heavy atom. The van der Waals surface area contributed by atoms with Crippen molar-refractivity contribution in [2.24, 2.45) is 0 Å². The lowest BCUT2D eigenvalue weighted by molar-refractivity contribution is 0.0697. The Bertz CT molecular complexity index is 617. The van der Waals surface area contributed by atoms with Crippen LogP contribution in [0.25, 0.3) is 11.4 Å². The lowest BCUT2D eigenvalue weighted by atomic mass is 10.2. The van der Waals surface area contributed by atoms with E-state index in [9.17, 15) is 9.18 Å². The first-order chi connectivity index (χ1) is 9.13. The summed E-state index contributed by atoms with van der Waals surface area (Å²) in [5, 5.41) is 11.8. The molecule has 0 amide bonds. The molecule has 0 aliphatic rings. The maximum atomic E-state index is 13.6. The van der Waals surface area contributed by atoms with Gasteiger partial charge in [-0.25, -0.2) is 19.2 Å². The number of rotatable bonds is 4. The summed E-state index contributed by atoms with van der Waals surface area (Å²) in [6.45, 7) is 2.32. The van der Waals surface area contributed by atoms with Crippen molar-refractivity contribution < 1.29 is 14.3 Å². The molecule has 0 unspecified atom stereocenters. The number of nitrogens with one attached hydrogen (secondary N) is 1. The Labute approximate surface area is 109 Å². The minimum atomic E-state index is -1.13. The summed E-state index contributed by atoms with van der Waals surface area (Å²) in [6, 6.07) is 6.08. The van der Waals surface area contributed by atoms with Crippen molar-refractivity contribution in [3.8, 4) is 11.4 Å². The molecule has 98 valence electrons. The molecule has 6 heteroatoms. The standard InChI is InChI=1S/C13H12FN3O2/c1-2-15-12-9(13(18)19)7-16-11(17-12)8-5-3-4-6-10(8)14/h3-7H,2H2,1H3,(H,18,19)(H,15,16,17). The lowest BCUT2D eigenvalue weighted by Gasteiger charge is -2.08. The molecule has 0 aliphatic heterocycles. The zero-order valence-electron chi connectivity index (χ0n) is 10.2. The largest absolute Gasteiger partial charge is 0.477 e. The van der Waals surface area contributed by atoms with Gasteiger partial charge in [0.1, 0.15) is 17.2 Å². The molecule has 2 aromatic rings. The molecular weight excluding hydrogens is 249 g/mol. The minimum absolute atomic E-state index is 0.0399. The van der Waals surface area contributed by atoms with E-state index in [2.05, 4.69) is 15.3 Å². The fourth-order valence-corrected chi connectivity index (χ4v) is 1.61. The Morgan fingerprint density at radius 3 is 2.79 bits per heavy atom. The van der Waals surface area contributed by atoms with E-state index < -0.39 is 11.8 Å². The third-order valence-corrected chi connectivity index (χ3v) is 2.48. The van der Waals surface area contributed by atoms with Crippen molar-refractivity contribution >= 4 is 11.8 Å². The van der Waals surface area contributed by atoms with E-state index in [1.807, 2.05) is 6.92 Å². The van der Waals surface area contributed by atoms with Crippen LogP contribution in [0.4, 0.5) is 10.2 Å². The summed E-state index contributed by atoms with van der Waals surface area (Å²) in [6.07, 6.45) is 1.18. The number of aromatic nitrogens is 2. The molecule has 1 aromatic carbocycles. The second-order valence-electron chi connectivity index (χ2n) is 3.77. The SMILES string of the molecule is CCNc1nc(-c2ccccc2F)ncc1C(=O)O. The van der Waals surface area contributed by atoms with Gasteiger partial charge in [0.05, 0.1) is 5.56 Å². The molecule has 0 atom stereocenters. The number of aromatic carboxylic acids is 1. The molecule has 1 aromatic heterocycles. The van der Waals surface area contributed by atoms with Crippen LogP contribution in [0, 0.1) is 5.82 Å². The van der Waals surface area contributed by atoms with Crippen molar-refractivity contribution in [3.63, 3.8) is 0 Å². The van der Waals surface area contributed by atoms with Gasteiger partial charge in [0.2, 0.25) is 0 Å². The number of carbonyl (C=O) groups is 1. The number of nitrogens with zero attached hydrogens (tertiary/aromatic N) is 2. The summed E-state index contributed by atoms with van der Waals surface area (Å²) >= 11 is 0. The molecule has 0 bridgehead atoms. The van der Waals surface area contributed by atoms with Crippen molar-refractivity contribution in [2.75, 3.05) is 11.9 Å². The van der Waals surface area contributed by atoms with Crippen LogP contribution in [-0.2, 0) is 0 Å². The summed E-state index contributed by atoms with van der Waals surface area (Å²) in [5.74, 6) is -1.24. The zero-order valence-corrected chi connectivity index (χ0v) is 10.2. The Balaban J connectivity index is 2.52. The number of hydrogen-bond donors (Lipinski definition) is 2. The van der Waals surface area contributed by atoms with Gasteiger partial charge in [-0.1, -0.05) is 12.1 Å². The first-order valence-corrected chi connectivity index (χ1v) is 5.72. The van der Waals surface area contributed by atoms with Gasteiger partial charge in [-0.2, -0.15) is 0 Å². The molecule has 5 nitrogen and oxygen atoms in total. The molecule has 1 heterocycles. The lowest BCUT2D eigenvalue weighted by Crippen LogP contribution is -2.09. The maximum absolute atomic E-state index is 13.6. The predicted molar refractivity (Wildman–Crippen MR) is 68.5 cm³/mol. The highest BCUT2D eigenvalue weighted by Crippen LogP contribution is 2.21. The predicted octanol–water partition coefficient (Wildman–Crippen LogP) is 2.41. The monoisotopic (exact) mass is 261 g/mol. The van der Waals surface area contributed by atoms with Crippen LogP contribution in [0.3, 0.4) is 0 Å².